The number of hydrogen-bond donors (Lipinski definition) is 2. The molecule has 0 spiro atoms. The average molecular weight is 347 g/mol. The van der Waals surface area contributed by atoms with Crippen molar-refractivity contribution in [3.63, 3.8) is 0 Å². The van der Waals surface area contributed by atoms with Gasteiger partial charge in [-0.2, -0.15) is 5.10 Å². The quantitative estimate of drug-likeness (QED) is 0.447. The fraction of sp³-hybridized carbons (Fsp3) is 0.250. The number of nitrogens with zero attached hydrogens (tertiary/aromatic N) is 2. The third kappa shape index (κ3) is 5.24. The van der Waals surface area contributed by atoms with Crippen LogP contribution in [0.5, 0.6) is 5.75 Å². The SMILES string of the molecule is C=C(C)COc1ccccc1C=NN=C1NC(=O)C(CC(=O)O)S1. The number of ether oxygens (including phenoxy) is 1. The van der Waals surface area contributed by atoms with E-state index in [9.17, 15) is 9.59 Å². The van der Waals surface area contributed by atoms with E-state index < -0.39 is 11.2 Å². The van der Waals surface area contributed by atoms with Crippen molar-refractivity contribution in [2.45, 2.75) is 18.6 Å². The van der Waals surface area contributed by atoms with Gasteiger partial charge < -0.3 is 15.2 Å². The molecule has 1 aromatic rings. The lowest BCUT2D eigenvalue weighted by atomic mass is 10.2. The number of amides is 1. The Bertz CT molecular complexity index is 715. The topological polar surface area (TPSA) is 100 Å². The monoisotopic (exact) mass is 347 g/mol. The largest absolute Gasteiger partial charge is 0.489 e. The maximum Gasteiger partial charge on any atom is 0.305 e. The van der Waals surface area contributed by atoms with Crippen molar-refractivity contribution < 1.29 is 19.4 Å². The van der Waals surface area contributed by atoms with Crippen molar-refractivity contribution in [3.05, 3.63) is 42.0 Å². The summed E-state index contributed by atoms with van der Waals surface area (Å²) in [4.78, 5) is 22.3. The zero-order valence-corrected chi connectivity index (χ0v) is 13.9. The molecule has 1 aliphatic rings. The summed E-state index contributed by atoms with van der Waals surface area (Å²) in [5, 5.41) is 18.7. The lowest BCUT2D eigenvalue weighted by Crippen LogP contribution is -2.26. The van der Waals surface area contributed by atoms with E-state index in [-0.39, 0.29) is 17.5 Å². The second-order valence-corrected chi connectivity index (χ2v) is 6.32. The number of benzene rings is 1. The summed E-state index contributed by atoms with van der Waals surface area (Å²) in [6.45, 7) is 6.06. The van der Waals surface area contributed by atoms with Gasteiger partial charge in [0.1, 0.15) is 17.6 Å². The van der Waals surface area contributed by atoms with Crippen molar-refractivity contribution in [2.75, 3.05) is 6.61 Å². The van der Waals surface area contributed by atoms with Gasteiger partial charge in [0.2, 0.25) is 5.91 Å². The number of carboxylic acid groups (broad SMARTS) is 1. The minimum Gasteiger partial charge on any atom is -0.489 e. The number of amidine groups is 1. The van der Waals surface area contributed by atoms with Crippen LogP contribution in [0.15, 0.2) is 46.6 Å². The van der Waals surface area contributed by atoms with Crippen LogP contribution in [0, 0.1) is 0 Å². The second kappa shape index (κ2) is 8.30. The number of thioether (sulfide) groups is 1. The lowest BCUT2D eigenvalue weighted by molar-refractivity contribution is -0.138. The minimum atomic E-state index is -1.03. The van der Waals surface area contributed by atoms with Crippen LogP contribution in [-0.2, 0) is 9.59 Å². The smallest absolute Gasteiger partial charge is 0.305 e. The van der Waals surface area contributed by atoms with Gasteiger partial charge in [-0.25, -0.2) is 0 Å². The van der Waals surface area contributed by atoms with E-state index in [1.165, 1.54) is 6.21 Å². The van der Waals surface area contributed by atoms with Crippen LogP contribution >= 0.6 is 11.8 Å². The van der Waals surface area contributed by atoms with Crippen molar-refractivity contribution in [1.82, 2.24) is 5.32 Å². The van der Waals surface area contributed by atoms with E-state index in [1.54, 1.807) is 0 Å². The molecule has 2 N–H and O–H groups in total. The third-order valence-corrected chi connectivity index (χ3v) is 3.95. The maximum absolute atomic E-state index is 11.6. The van der Waals surface area contributed by atoms with Gasteiger partial charge in [-0.1, -0.05) is 30.5 Å². The highest BCUT2D eigenvalue weighted by Crippen LogP contribution is 2.22. The van der Waals surface area contributed by atoms with Crippen molar-refractivity contribution in [3.8, 4) is 5.75 Å². The van der Waals surface area contributed by atoms with Crippen LogP contribution in [-0.4, -0.2) is 40.2 Å². The minimum absolute atomic E-state index is 0.253. The second-order valence-electron chi connectivity index (χ2n) is 5.13. The zero-order valence-electron chi connectivity index (χ0n) is 13.1. The Kier molecular flexibility index (Phi) is 6.14. The number of carbonyl (C=O) groups is 2. The van der Waals surface area contributed by atoms with Crippen molar-refractivity contribution in [2.24, 2.45) is 10.2 Å². The predicted molar refractivity (Wildman–Crippen MR) is 93.6 cm³/mol. The first kappa shape index (κ1) is 17.7. The van der Waals surface area contributed by atoms with E-state index >= 15 is 0 Å². The molecule has 0 radical (unpaired) electrons. The fourth-order valence-electron chi connectivity index (χ4n) is 1.81. The normalized spacial score (nSPS) is 18.8. The molecule has 1 unspecified atom stereocenters. The number of nitrogens with one attached hydrogen (secondary N) is 1. The first-order valence-corrected chi connectivity index (χ1v) is 8.00. The first-order valence-electron chi connectivity index (χ1n) is 7.12. The van der Waals surface area contributed by atoms with Crippen LogP contribution in [0.3, 0.4) is 0 Å². The zero-order chi connectivity index (χ0) is 17.5. The van der Waals surface area contributed by atoms with Crippen LogP contribution < -0.4 is 10.1 Å². The first-order chi connectivity index (χ1) is 11.5. The van der Waals surface area contributed by atoms with Crippen LogP contribution in [0.2, 0.25) is 0 Å². The summed E-state index contributed by atoms with van der Waals surface area (Å²) in [6.07, 6.45) is 1.26. The molecule has 1 heterocycles. The summed E-state index contributed by atoms with van der Waals surface area (Å²) in [5.41, 5.74) is 1.64. The van der Waals surface area contributed by atoms with Gasteiger partial charge >= 0.3 is 5.97 Å². The molecular weight excluding hydrogens is 330 g/mol. The molecule has 2 rings (SSSR count). The van der Waals surface area contributed by atoms with E-state index in [4.69, 9.17) is 9.84 Å². The molecule has 1 atom stereocenters. The molecule has 1 saturated heterocycles. The molecule has 1 aliphatic heterocycles. The summed E-state index contributed by atoms with van der Waals surface area (Å²) in [5.74, 6) is -0.756. The number of rotatable bonds is 7. The molecule has 0 bridgehead atoms. The van der Waals surface area contributed by atoms with Gasteiger partial charge in [-0.15, -0.1) is 5.10 Å². The highest BCUT2D eigenvalue weighted by Gasteiger charge is 2.32. The van der Waals surface area contributed by atoms with Gasteiger partial charge in [0.15, 0.2) is 5.17 Å². The summed E-state index contributed by atoms with van der Waals surface area (Å²) in [7, 11) is 0. The van der Waals surface area contributed by atoms with Crippen molar-refractivity contribution >= 4 is 35.0 Å². The molecule has 0 saturated carbocycles. The molecule has 24 heavy (non-hydrogen) atoms. The molecule has 1 fully saturated rings. The Morgan fingerprint density at radius 2 is 2.25 bits per heavy atom. The molecule has 8 heteroatoms. The van der Waals surface area contributed by atoms with Crippen molar-refractivity contribution in [1.29, 1.82) is 0 Å². The van der Waals surface area contributed by atoms with E-state index in [0.29, 0.717) is 12.4 Å². The lowest BCUT2D eigenvalue weighted by Gasteiger charge is -2.07. The Labute approximate surface area is 143 Å². The summed E-state index contributed by atoms with van der Waals surface area (Å²) >= 11 is 1.05. The van der Waals surface area contributed by atoms with Gasteiger partial charge in [0.05, 0.1) is 12.6 Å². The van der Waals surface area contributed by atoms with Crippen LogP contribution in [0.4, 0.5) is 0 Å². The Hall–Kier alpha value is -2.61. The third-order valence-electron chi connectivity index (χ3n) is 2.87. The van der Waals surface area contributed by atoms with E-state index in [1.807, 2.05) is 31.2 Å². The summed E-state index contributed by atoms with van der Waals surface area (Å²) in [6, 6.07) is 7.33. The molecular formula is C16H17N3O4S. The van der Waals surface area contributed by atoms with Gasteiger partial charge in [0.25, 0.3) is 0 Å². The maximum atomic E-state index is 11.6. The van der Waals surface area contributed by atoms with Gasteiger partial charge in [0, 0.05) is 5.56 Å². The summed E-state index contributed by atoms with van der Waals surface area (Å²) < 4.78 is 5.62. The number of hydrogen-bond acceptors (Lipinski definition) is 6. The Morgan fingerprint density at radius 3 is 2.96 bits per heavy atom. The van der Waals surface area contributed by atoms with Gasteiger partial charge in [-0.05, 0) is 24.6 Å². The van der Waals surface area contributed by atoms with E-state index in [0.717, 1.165) is 22.9 Å². The fourth-order valence-corrected chi connectivity index (χ4v) is 2.72. The van der Waals surface area contributed by atoms with E-state index in [2.05, 4.69) is 22.1 Å². The molecule has 1 aromatic carbocycles. The highest BCUT2D eigenvalue weighted by molar-refractivity contribution is 8.15. The molecule has 7 nitrogen and oxygen atoms in total. The van der Waals surface area contributed by atoms with Crippen LogP contribution in [0.25, 0.3) is 0 Å². The molecule has 0 aromatic heterocycles. The Morgan fingerprint density at radius 1 is 1.50 bits per heavy atom. The highest BCUT2D eigenvalue weighted by atomic mass is 32.2. The number of para-hydroxylation sites is 1. The molecule has 0 aliphatic carbocycles. The predicted octanol–water partition coefficient (Wildman–Crippen LogP) is 2.04. The molecule has 126 valence electrons. The molecule has 1 amide bonds. The van der Waals surface area contributed by atoms with Crippen LogP contribution in [0.1, 0.15) is 18.9 Å². The number of carboxylic acids is 1. The number of aliphatic carboxylic acids is 1. The number of carbonyl (C=O) groups excluding carboxylic acids is 1. The Balaban J connectivity index is 2.03. The average Bonchev–Trinajstić information content (AvgIpc) is 2.85. The standard InChI is InChI=1S/C16H17N3O4S/c1-10(2)9-23-12-6-4-3-5-11(12)8-17-19-16-18-15(22)13(24-16)7-14(20)21/h3-6,8,13H,1,7,9H2,2H3,(H,20,21)(H,18,19,22). The van der Waals surface area contributed by atoms with Gasteiger partial charge in [-0.3, -0.25) is 9.59 Å².